The van der Waals surface area contributed by atoms with Gasteiger partial charge < -0.3 is 15.3 Å². The lowest BCUT2D eigenvalue weighted by Gasteiger charge is -2.37. The minimum absolute atomic E-state index is 0.103. The van der Waals surface area contributed by atoms with Gasteiger partial charge in [0.15, 0.2) is 0 Å². The molecule has 0 radical (unpaired) electrons. The van der Waals surface area contributed by atoms with Gasteiger partial charge in [0.05, 0.1) is 5.56 Å². The average molecular weight is 381 g/mol. The Morgan fingerprint density at radius 3 is 2.50 bits per heavy atom. The van der Waals surface area contributed by atoms with E-state index >= 15 is 0 Å². The molecule has 0 bridgehead atoms. The third-order valence-electron chi connectivity index (χ3n) is 5.24. The van der Waals surface area contributed by atoms with E-state index < -0.39 is 5.97 Å². The van der Waals surface area contributed by atoms with Gasteiger partial charge in [-0.1, -0.05) is 42.5 Å². The fraction of sp³-hybridized carbons (Fsp3) is 0.364. The molecule has 2 aromatic rings. The minimum Gasteiger partial charge on any atom is -0.478 e. The highest BCUT2D eigenvalue weighted by Crippen LogP contribution is 2.17. The highest BCUT2D eigenvalue weighted by molar-refractivity contribution is 5.87. The molecular formula is C22H27N3O3. The van der Waals surface area contributed by atoms with Crippen molar-refractivity contribution in [2.75, 3.05) is 20.1 Å². The van der Waals surface area contributed by atoms with E-state index in [0.717, 1.165) is 38.0 Å². The summed E-state index contributed by atoms with van der Waals surface area (Å²) in [6.07, 6.45) is 2.08. The van der Waals surface area contributed by atoms with Gasteiger partial charge in [-0.15, -0.1) is 0 Å². The van der Waals surface area contributed by atoms with Crippen LogP contribution in [0.1, 0.15) is 34.3 Å². The first kappa shape index (κ1) is 19.9. The molecule has 0 spiro atoms. The lowest BCUT2D eigenvalue weighted by molar-refractivity contribution is 0.0696. The van der Waals surface area contributed by atoms with Gasteiger partial charge in [0.1, 0.15) is 0 Å². The molecule has 6 nitrogen and oxygen atoms in total. The van der Waals surface area contributed by atoms with E-state index in [1.54, 1.807) is 29.2 Å². The van der Waals surface area contributed by atoms with Crippen LogP contribution >= 0.6 is 0 Å². The molecule has 1 unspecified atom stereocenters. The molecule has 1 heterocycles. The van der Waals surface area contributed by atoms with Crippen LogP contribution in [-0.4, -0.2) is 53.1 Å². The summed E-state index contributed by atoms with van der Waals surface area (Å²) in [6.45, 7) is 3.20. The van der Waals surface area contributed by atoms with E-state index in [1.807, 2.05) is 13.1 Å². The van der Waals surface area contributed by atoms with Gasteiger partial charge in [0.25, 0.3) is 0 Å². The molecule has 148 valence electrons. The first-order valence-corrected chi connectivity index (χ1v) is 9.62. The van der Waals surface area contributed by atoms with E-state index in [-0.39, 0.29) is 17.6 Å². The zero-order chi connectivity index (χ0) is 19.9. The van der Waals surface area contributed by atoms with Crippen LogP contribution in [0.2, 0.25) is 0 Å². The Morgan fingerprint density at radius 1 is 1.11 bits per heavy atom. The first-order chi connectivity index (χ1) is 13.5. The second-order valence-corrected chi connectivity index (χ2v) is 7.29. The van der Waals surface area contributed by atoms with Gasteiger partial charge in [-0.2, -0.15) is 0 Å². The highest BCUT2D eigenvalue weighted by Gasteiger charge is 2.26. The number of nitrogens with zero attached hydrogens (tertiary/aromatic N) is 2. The molecule has 1 fully saturated rings. The van der Waals surface area contributed by atoms with Crippen LogP contribution in [0, 0.1) is 0 Å². The number of carboxylic acids is 1. The summed E-state index contributed by atoms with van der Waals surface area (Å²) >= 11 is 0. The number of nitrogens with one attached hydrogen (secondary N) is 1. The summed E-state index contributed by atoms with van der Waals surface area (Å²) in [5, 5.41) is 11.9. The molecule has 0 saturated carbocycles. The Labute approximate surface area is 165 Å². The summed E-state index contributed by atoms with van der Waals surface area (Å²) in [5.74, 6) is -0.951. The second-order valence-electron chi connectivity index (χ2n) is 7.29. The number of carbonyl (C=O) groups excluding carboxylic acids is 1. The number of aromatic carboxylic acids is 1. The summed E-state index contributed by atoms with van der Waals surface area (Å²) in [6, 6.07) is 17.0. The zero-order valence-corrected chi connectivity index (χ0v) is 16.2. The molecule has 1 saturated heterocycles. The number of piperidine rings is 1. The number of carbonyl (C=O) groups is 2. The van der Waals surface area contributed by atoms with Gasteiger partial charge in [-0.05, 0) is 42.6 Å². The molecule has 0 aromatic heterocycles. The molecular weight excluding hydrogens is 354 g/mol. The number of carboxylic acid groups (broad SMARTS) is 1. The number of hydrogen-bond acceptors (Lipinski definition) is 3. The molecule has 28 heavy (non-hydrogen) atoms. The standard InChI is InChI=1S/C22H27N3O3/c1-24(22(28)23-14-17-9-11-19(12-10-17)21(26)27)20-8-5-13-25(16-20)15-18-6-3-2-4-7-18/h2-4,6-7,9-12,20H,5,8,13-16H2,1H3,(H,23,28)(H,26,27). The topological polar surface area (TPSA) is 72.9 Å². The van der Waals surface area contributed by atoms with Crippen LogP contribution in [0.5, 0.6) is 0 Å². The normalized spacial score (nSPS) is 17.1. The van der Waals surface area contributed by atoms with Gasteiger partial charge in [0, 0.05) is 32.7 Å². The molecule has 1 aliphatic rings. The van der Waals surface area contributed by atoms with E-state index in [2.05, 4.69) is 34.5 Å². The van der Waals surface area contributed by atoms with Crippen molar-refractivity contribution >= 4 is 12.0 Å². The summed E-state index contributed by atoms with van der Waals surface area (Å²) in [5.41, 5.74) is 2.41. The predicted octanol–water partition coefficient (Wildman–Crippen LogP) is 3.19. The fourth-order valence-electron chi connectivity index (χ4n) is 3.57. The van der Waals surface area contributed by atoms with Crippen molar-refractivity contribution in [3.63, 3.8) is 0 Å². The molecule has 3 rings (SSSR count). The van der Waals surface area contributed by atoms with Crippen molar-refractivity contribution in [1.29, 1.82) is 0 Å². The SMILES string of the molecule is CN(C(=O)NCc1ccc(C(=O)O)cc1)C1CCCN(Cc2ccccc2)C1. The van der Waals surface area contributed by atoms with Gasteiger partial charge in [-0.25, -0.2) is 9.59 Å². The van der Waals surface area contributed by atoms with Crippen LogP contribution < -0.4 is 5.32 Å². The Kier molecular flexibility index (Phi) is 6.66. The Bertz CT molecular complexity index is 792. The predicted molar refractivity (Wildman–Crippen MR) is 108 cm³/mol. The lowest BCUT2D eigenvalue weighted by atomic mass is 10.0. The first-order valence-electron chi connectivity index (χ1n) is 9.62. The van der Waals surface area contributed by atoms with Crippen molar-refractivity contribution in [3.05, 3.63) is 71.3 Å². The van der Waals surface area contributed by atoms with Gasteiger partial charge in [-0.3, -0.25) is 4.90 Å². The maximum atomic E-state index is 12.6. The lowest BCUT2D eigenvalue weighted by Crippen LogP contribution is -2.50. The number of benzene rings is 2. The van der Waals surface area contributed by atoms with Crippen molar-refractivity contribution in [2.45, 2.75) is 32.0 Å². The van der Waals surface area contributed by atoms with Crippen LogP contribution in [0.3, 0.4) is 0 Å². The van der Waals surface area contributed by atoms with Crippen LogP contribution in [0.15, 0.2) is 54.6 Å². The van der Waals surface area contributed by atoms with Crippen LogP contribution in [0.25, 0.3) is 0 Å². The number of likely N-dealkylation sites (tertiary alicyclic amines) is 1. The summed E-state index contributed by atoms with van der Waals surface area (Å²) in [7, 11) is 1.85. The van der Waals surface area contributed by atoms with Crippen molar-refractivity contribution in [2.24, 2.45) is 0 Å². The van der Waals surface area contributed by atoms with Crippen LogP contribution in [-0.2, 0) is 13.1 Å². The van der Waals surface area contributed by atoms with Crippen molar-refractivity contribution in [1.82, 2.24) is 15.1 Å². The quantitative estimate of drug-likeness (QED) is 0.806. The summed E-state index contributed by atoms with van der Waals surface area (Å²) in [4.78, 5) is 27.7. The number of hydrogen-bond donors (Lipinski definition) is 2. The number of likely N-dealkylation sites (N-methyl/N-ethyl adjacent to an activating group) is 1. The second kappa shape index (κ2) is 9.37. The van der Waals surface area contributed by atoms with E-state index in [1.165, 1.54) is 5.56 Å². The Balaban J connectivity index is 1.50. The van der Waals surface area contributed by atoms with Crippen LogP contribution in [0.4, 0.5) is 4.79 Å². The monoisotopic (exact) mass is 381 g/mol. The maximum Gasteiger partial charge on any atom is 0.335 e. The molecule has 2 N–H and O–H groups in total. The van der Waals surface area contributed by atoms with Crippen molar-refractivity contribution in [3.8, 4) is 0 Å². The molecule has 6 heteroatoms. The van der Waals surface area contributed by atoms with E-state index in [0.29, 0.717) is 6.54 Å². The van der Waals surface area contributed by atoms with Gasteiger partial charge >= 0.3 is 12.0 Å². The molecule has 2 aromatic carbocycles. The maximum absolute atomic E-state index is 12.6. The smallest absolute Gasteiger partial charge is 0.335 e. The zero-order valence-electron chi connectivity index (χ0n) is 16.2. The average Bonchev–Trinajstić information content (AvgIpc) is 2.72. The van der Waals surface area contributed by atoms with E-state index in [9.17, 15) is 9.59 Å². The largest absolute Gasteiger partial charge is 0.478 e. The number of amides is 2. The third kappa shape index (κ3) is 5.33. The fourth-order valence-corrected chi connectivity index (χ4v) is 3.57. The number of urea groups is 1. The third-order valence-corrected chi connectivity index (χ3v) is 5.24. The Hall–Kier alpha value is -2.86. The van der Waals surface area contributed by atoms with E-state index in [4.69, 9.17) is 5.11 Å². The van der Waals surface area contributed by atoms with Gasteiger partial charge in [0.2, 0.25) is 0 Å². The highest BCUT2D eigenvalue weighted by atomic mass is 16.4. The molecule has 1 atom stereocenters. The molecule has 2 amide bonds. The summed E-state index contributed by atoms with van der Waals surface area (Å²) < 4.78 is 0. The number of rotatable bonds is 6. The Morgan fingerprint density at radius 2 is 1.82 bits per heavy atom. The molecule has 0 aliphatic carbocycles. The minimum atomic E-state index is -0.951. The van der Waals surface area contributed by atoms with Crippen molar-refractivity contribution < 1.29 is 14.7 Å². The molecule has 1 aliphatic heterocycles.